The van der Waals surface area contributed by atoms with Crippen LogP contribution in [0.15, 0.2) is 0 Å². The molecule has 0 saturated heterocycles. The Hall–Kier alpha value is -0.570. The molecule has 2 saturated carbocycles. The highest BCUT2D eigenvalue weighted by molar-refractivity contribution is 5.75. The van der Waals surface area contributed by atoms with E-state index in [4.69, 9.17) is 0 Å². The van der Waals surface area contributed by atoms with E-state index in [2.05, 4.69) is 6.92 Å². The molecule has 2 aliphatic rings. The van der Waals surface area contributed by atoms with Gasteiger partial charge < -0.3 is 10.2 Å². The summed E-state index contributed by atoms with van der Waals surface area (Å²) < 4.78 is 0. The Morgan fingerprint density at radius 3 is 2.21 bits per heavy atom. The monoisotopic (exact) mass is 268 g/mol. The summed E-state index contributed by atoms with van der Waals surface area (Å²) in [5.41, 5.74) is -1.35. The molecular formula is C16H28O3. The van der Waals surface area contributed by atoms with E-state index in [-0.39, 0.29) is 0 Å². The summed E-state index contributed by atoms with van der Waals surface area (Å²) in [6.07, 6.45) is 10.1. The molecule has 2 rings (SSSR count). The van der Waals surface area contributed by atoms with E-state index >= 15 is 0 Å². The van der Waals surface area contributed by atoms with Crippen molar-refractivity contribution in [2.75, 3.05) is 0 Å². The number of hydrogen-bond acceptors (Lipinski definition) is 2. The van der Waals surface area contributed by atoms with Crippen molar-refractivity contribution in [2.45, 2.75) is 83.2 Å². The molecule has 0 heterocycles. The van der Waals surface area contributed by atoms with Gasteiger partial charge in [-0.2, -0.15) is 0 Å². The first kappa shape index (κ1) is 14.8. The number of rotatable bonds is 5. The number of carbonyl (C=O) groups is 1. The quantitative estimate of drug-likeness (QED) is 0.798. The standard InChI is InChI=1S/C16H28O3/c1-2-5-13-6-10-15(11-7-13,14(17)18)12-16(19)8-3-4-9-16/h13,19H,2-12H2,1H3,(H,17,18). The molecule has 2 aliphatic carbocycles. The topological polar surface area (TPSA) is 57.5 Å². The summed E-state index contributed by atoms with van der Waals surface area (Å²) in [6.45, 7) is 2.19. The van der Waals surface area contributed by atoms with Crippen LogP contribution in [0.2, 0.25) is 0 Å². The molecule has 2 N–H and O–H groups in total. The second-order valence-electron chi connectivity index (χ2n) is 6.93. The summed E-state index contributed by atoms with van der Waals surface area (Å²) >= 11 is 0. The van der Waals surface area contributed by atoms with Gasteiger partial charge in [0.1, 0.15) is 0 Å². The Balaban J connectivity index is 2.01. The first-order valence-corrected chi connectivity index (χ1v) is 7.95. The summed E-state index contributed by atoms with van der Waals surface area (Å²) in [6, 6.07) is 0. The van der Waals surface area contributed by atoms with Crippen LogP contribution in [0.5, 0.6) is 0 Å². The van der Waals surface area contributed by atoms with Gasteiger partial charge in [0, 0.05) is 0 Å². The average Bonchev–Trinajstić information content (AvgIpc) is 2.78. The highest BCUT2D eigenvalue weighted by Crippen LogP contribution is 2.48. The third kappa shape index (κ3) is 3.31. The van der Waals surface area contributed by atoms with Gasteiger partial charge in [0.2, 0.25) is 0 Å². The Kier molecular flexibility index (Phi) is 4.54. The first-order valence-electron chi connectivity index (χ1n) is 7.95. The number of carboxylic acid groups (broad SMARTS) is 1. The molecule has 19 heavy (non-hydrogen) atoms. The minimum absolute atomic E-state index is 0.480. The van der Waals surface area contributed by atoms with Crippen molar-refractivity contribution in [2.24, 2.45) is 11.3 Å². The van der Waals surface area contributed by atoms with Crippen LogP contribution in [0.3, 0.4) is 0 Å². The normalized spacial score (nSPS) is 34.3. The van der Waals surface area contributed by atoms with E-state index < -0.39 is 17.0 Å². The Bertz CT molecular complexity index is 310. The van der Waals surface area contributed by atoms with Crippen LogP contribution in [0.1, 0.15) is 77.6 Å². The molecule has 0 aromatic heterocycles. The molecular weight excluding hydrogens is 240 g/mol. The zero-order chi connectivity index (χ0) is 13.9. The van der Waals surface area contributed by atoms with E-state index in [1.807, 2.05) is 0 Å². The largest absolute Gasteiger partial charge is 0.481 e. The van der Waals surface area contributed by atoms with Gasteiger partial charge in [0.15, 0.2) is 0 Å². The number of hydrogen-bond donors (Lipinski definition) is 2. The molecule has 110 valence electrons. The van der Waals surface area contributed by atoms with Gasteiger partial charge in [-0.3, -0.25) is 4.79 Å². The lowest BCUT2D eigenvalue weighted by Crippen LogP contribution is -2.42. The summed E-state index contributed by atoms with van der Waals surface area (Å²) in [7, 11) is 0. The van der Waals surface area contributed by atoms with Crippen LogP contribution in [0, 0.1) is 11.3 Å². The fourth-order valence-corrected chi connectivity index (χ4v) is 4.23. The fraction of sp³-hybridized carbons (Fsp3) is 0.938. The second-order valence-corrected chi connectivity index (χ2v) is 6.93. The number of aliphatic carboxylic acids is 1. The third-order valence-corrected chi connectivity index (χ3v) is 5.41. The zero-order valence-electron chi connectivity index (χ0n) is 12.2. The maximum Gasteiger partial charge on any atom is 0.309 e. The van der Waals surface area contributed by atoms with Crippen molar-refractivity contribution in [1.82, 2.24) is 0 Å². The molecule has 0 aromatic rings. The molecule has 0 aliphatic heterocycles. The van der Waals surface area contributed by atoms with Crippen molar-refractivity contribution in [3.05, 3.63) is 0 Å². The van der Waals surface area contributed by atoms with Crippen LogP contribution in [-0.4, -0.2) is 21.8 Å². The van der Waals surface area contributed by atoms with Gasteiger partial charge in [0.25, 0.3) is 0 Å². The molecule has 2 fully saturated rings. The summed E-state index contributed by atoms with van der Waals surface area (Å²) in [5.74, 6) is 0.0264. The van der Waals surface area contributed by atoms with Crippen LogP contribution in [0.25, 0.3) is 0 Å². The SMILES string of the molecule is CCCC1CCC(CC2(O)CCCC2)(C(=O)O)CC1. The highest BCUT2D eigenvalue weighted by Gasteiger charge is 2.48. The fourth-order valence-electron chi connectivity index (χ4n) is 4.23. The lowest BCUT2D eigenvalue weighted by Gasteiger charge is -2.41. The molecule has 0 spiro atoms. The molecule has 0 bridgehead atoms. The maximum atomic E-state index is 11.8. The maximum absolute atomic E-state index is 11.8. The lowest BCUT2D eigenvalue weighted by atomic mass is 9.64. The Morgan fingerprint density at radius 1 is 1.16 bits per heavy atom. The minimum Gasteiger partial charge on any atom is -0.481 e. The van der Waals surface area contributed by atoms with E-state index in [0.29, 0.717) is 12.3 Å². The average molecular weight is 268 g/mol. The van der Waals surface area contributed by atoms with Crippen molar-refractivity contribution in [3.63, 3.8) is 0 Å². The summed E-state index contributed by atoms with van der Waals surface area (Å²) in [4.78, 5) is 11.8. The van der Waals surface area contributed by atoms with E-state index in [1.165, 1.54) is 12.8 Å². The molecule has 0 aromatic carbocycles. The van der Waals surface area contributed by atoms with Crippen LogP contribution >= 0.6 is 0 Å². The number of aliphatic hydroxyl groups is 1. The van der Waals surface area contributed by atoms with Crippen LogP contribution in [0.4, 0.5) is 0 Å². The molecule has 0 atom stereocenters. The Morgan fingerprint density at radius 2 is 1.74 bits per heavy atom. The van der Waals surface area contributed by atoms with E-state index in [1.54, 1.807) is 0 Å². The zero-order valence-corrected chi connectivity index (χ0v) is 12.2. The second kappa shape index (κ2) is 5.82. The molecule has 0 unspecified atom stereocenters. The van der Waals surface area contributed by atoms with E-state index in [0.717, 1.165) is 51.4 Å². The minimum atomic E-state index is -0.698. The first-order chi connectivity index (χ1) is 9.00. The predicted molar refractivity (Wildman–Crippen MR) is 75.0 cm³/mol. The van der Waals surface area contributed by atoms with Gasteiger partial charge in [-0.05, 0) is 50.9 Å². The van der Waals surface area contributed by atoms with Gasteiger partial charge in [-0.15, -0.1) is 0 Å². The van der Waals surface area contributed by atoms with E-state index in [9.17, 15) is 15.0 Å². The van der Waals surface area contributed by atoms with Crippen molar-refractivity contribution < 1.29 is 15.0 Å². The van der Waals surface area contributed by atoms with Crippen molar-refractivity contribution in [3.8, 4) is 0 Å². The van der Waals surface area contributed by atoms with Crippen LogP contribution in [-0.2, 0) is 4.79 Å². The van der Waals surface area contributed by atoms with Gasteiger partial charge in [0.05, 0.1) is 11.0 Å². The molecule has 0 amide bonds. The summed E-state index contributed by atoms with van der Waals surface area (Å²) in [5, 5.41) is 20.2. The van der Waals surface area contributed by atoms with Gasteiger partial charge >= 0.3 is 5.97 Å². The van der Waals surface area contributed by atoms with Crippen molar-refractivity contribution >= 4 is 5.97 Å². The van der Waals surface area contributed by atoms with Gasteiger partial charge in [-0.1, -0.05) is 32.6 Å². The van der Waals surface area contributed by atoms with Crippen LogP contribution < -0.4 is 0 Å². The van der Waals surface area contributed by atoms with Gasteiger partial charge in [-0.25, -0.2) is 0 Å². The Labute approximate surface area is 116 Å². The number of carboxylic acids is 1. The lowest BCUT2D eigenvalue weighted by molar-refractivity contribution is -0.157. The highest BCUT2D eigenvalue weighted by atomic mass is 16.4. The molecule has 3 heteroatoms. The smallest absolute Gasteiger partial charge is 0.309 e. The molecule has 3 nitrogen and oxygen atoms in total. The predicted octanol–water partition coefficient (Wildman–Crippen LogP) is 3.74. The third-order valence-electron chi connectivity index (χ3n) is 5.41. The molecule has 0 radical (unpaired) electrons. The van der Waals surface area contributed by atoms with Crippen molar-refractivity contribution in [1.29, 1.82) is 0 Å².